The Morgan fingerprint density at radius 1 is 1.33 bits per heavy atom. The van der Waals surface area contributed by atoms with Crippen LogP contribution in [0.15, 0.2) is 0 Å². The number of hydrogen-bond acceptors (Lipinski definition) is 2. The summed E-state index contributed by atoms with van der Waals surface area (Å²) in [6.07, 6.45) is 3.42. The number of alkyl halides is 2. The van der Waals surface area contributed by atoms with Gasteiger partial charge in [0.2, 0.25) is 11.8 Å². The van der Waals surface area contributed by atoms with Crippen molar-refractivity contribution in [1.82, 2.24) is 4.90 Å². The van der Waals surface area contributed by atoms with Crippen LogP contribution >= 0.6 is 0 Å². The molecule has 0 bridgehead atoms. The lowest BCUT2D eigenvalue weighted by Gasteiger charge is -2.39. The van der Waals surface area contributed by atoms with E-state index in [4.69, 9.17) is 5.11 Å². The van der Waals surface area contributed by atoms with E-state index >= 15 is 0 Å². The highest BCUT2D eigenvalue weighted by atomic mass is 19.3. The maximum atomic E-state index is 13.2. The van der Waals surface area contributed by atoms with Gasteiger partial charge in [0.05, 0.1) is 0 Å². The number of carbonyl (C=O) groups is 1. The molecule has 0 aromatic heterocycles. The van der Waals surface area contributed by atoms with E-state index in [1.807, 2.05) is 0 Å². The van der Waals surface area contributed by atoms with E-state index in [1.165, 1.54) is 0 Å². The quantitative estimate of drug-likeness (QED) is 0.824. The fraction of sp³-hybridized carbons (Fsp3) is 0.923. The third-order valence-corrected chi connectivity index (χ3v) is 4.11. The Labute approximate surface area is 106 Å². The zero-order valence-corrected chi connectivity index (χ0v) is 10.6. The van der Waals surface area contributed by atoms with Gasteiger partial charge in [-0.2, -0.15) is 0 Å². The van der Waals surface area contributed by atoms with E-state index in [0.29, 0.717) is 19.4 Å². The zero-order chi connectivity index (χ0) is 13.2. The summed E-state index contributed by atoms with van der Waals surface area (Å²) in [5.74, 6) is -3.30. The van der Waals surface area contributed by atoms with Crippen LogP contribution < -0.4 is 0 Å². The molecular formula is C13H21F2NO2. The molecule has 0 aromatic rings. The van der Waals surface area contributed by atoms with E-state index in [2.05, 4.69) is 0 Å². The first-order chi connectivity index (χ1) is 8.53. The third-order valence-electron chi connectivity index (χ3n) is 4.11. The van der Waals surface area contributed by atoms with Crippen LogP contribution in [0.2, 0.25) is 0 Å². The van der Waals surface area contributed by atoms with Gasteiger partial charge in [-0.1, -0.05) is 0 Å². The van der Waals surface area contributed by atoms with E-state index in [-0.39, 0.29) is 31.4 Å². The molecule has 1 unspecified atom stereocenters. The fourth-order valence-electron chi connectivity index (χ4n) is 2.81. The van der Waals surface area contributed by atoms with Crippen LogP contribution in [-0.4, -0.2) is 41.0 Å². The molecule has 5 heteroatoms. The molecule has 2 fully saturated rings. The van der Waals surface area contributed by atoms with Crippen molar-refractivity contribution in [2.45, 2.75) is 56.9 Å². The normalized spacial score (nSPS) is 26.9. The third kappa shape index (κ3) is 2.99. The molecule has 104 valence electrons. The van der Waals surface area contributed by atoms with Crippen LogP contribution in [0.25, 0.3) is 0 Å². The van der Waals surface area contributed by atoms with Gasteiger partial charge in [-0.25, -0.2) is 8.78 Å². The van der Waals surface area contributed by atoms with Crippen LogP contribution in [0.5, 0.6) is 0 Å². The second-order valence-electron chi connectivity index (χ2n) is 5.49. The summed E-state index contributed by atoms with van der Waals surface area (Å²) in [6.45, 7) is 0.541. The van der Waals surface area contributed by atoms with Crippen LogP contribution in [0.1, 0.15) is 44.9 Å². The van der Waals surface area contributed by atoms with Crippen molar-refractivity contribution >= 4 is 5.91 Å². The Morgan fingerprint density at radius 2 is 2.06 bits per heavy atom. The van der Waals surface area contributed by atoms with Crippen molar-refractivity contribution in [2.75, 3.05) is 13.2 Å². The second-order valence-corrected chi connectivity index (χ2v) is 5.49. The number of aliphatic hydroxyl groups is 1. The molecule has 0 radical (unpaired) electrons. The van der Waals surface area contributed by atoms with Crippen molar-refractivity contribution in [1.29, 1.82) is 0 Å². The Morgan fingerprint density at radius 3 is 2.50 bits per heavy atom. The standard InChI is InChI=1S/C13H21F2NO2/c14-13(15)6-5-10(9-13)12(18)16(7-2-8-17)11-3-1-4-11/h10-11,17H,1-9H2. The van der Waals surface area contributed by atoms with Crippen molar-refractivity contribution in [3.63, 3.8) is 0 Å². The summed E-state index contributed by atoms with van der Waals surface area (Å²) in [4.78, 5) is 14.0. The maximum Gasteiger partial charge on any atom is 0.248 e. The fourth-order valence-corrected chi connectivity index (χ4v) is 2.81. The predicted molar refractivity (Wildman–Crippen MR) is 63.3 cm³/mol. The monoisotopic (exact) mass is 261 g/mol. The number of halogens is 2. The second kappa shape index (κ2) is 5.51. The summed E-state index contributed by atoms with van der Waals surface area (Å²) in [7, 11) is 0. The van der Waals surface area contributed by atoms with Gasteiger partial charge in [-0.3, -0.25) is 4.79 Å². The highest BCUT2D eigenvalue weighted by Gasteiger charge is 2.44. The zero-order valence-electron chi connectivity index (χ0n) is 10.6. The van der Waals surface area contributed by atoms with Gasteiger partial charge in [0.25, 0.3) is 0 Å². The van der Waals surface area contributed by atoms with Gasteiger partial charge in [0.15, 0.2) is 0 Å². The molecule has 0 aromatic carbocycles. The summed E-state index contributed by atoms with van der Waals surface area (Å²) in [6, 6.07) is 0.221. The molecule has 1 N–H and O–H groups in total. The SMILES string of the molecule is O=C(C1CCC(F)(F)C1)N(CCCO)C1CCC1. The topological polar surface area (TPSA) is 40.5 Å². The number of nitrogens with zero attached hydrogens (tertiary/aromatic N) is 1. The largest absolute Gasteiger partial charge is 0.396 e. The Hall–Kier alpha value is -0.710. The van der Waals surface area contributed by atoms with E-state index < -0.39 is 11.8 Å². The average Bonchev–Trinajstić information content (AvgIpc) is 2.61. The van der Waals surface area contributed by atoms with E-state index in [1.54, 1.807) is 4.90 Å². The number of amides is 1. The van der Waals surface area contributed by atoms with Crippen LogP contribution in [0.3, 0.4) is 0 Å². The molecule has 3 nitrogen and oxygen atoms in total. The molecule has 18 heavy (non-hydrogen) atoms. The molecule has 2 aliphatic carbocycles. The number of aliphatic hydroxyl groups excluding tert-OH is 1. The molecule has 1 atom stereocenters. The van der Waals surface area contributed by atoms with Gasteiger partial charge in [0.1, 0.15) is 0 Å². The minimum absolute atomic E-state index is 0.0390. The smallest absolute Gasteiger partial charge is 0.248 e. The van der Waals surface area contributed by atoms with Crippen molar-refractivity contribution in [3.05, 3.63) is 0 Å². The number of rotatable bonds is 5. The molecular weight excluding hydrogens is 240 g/mol. The maximum absolute atomic E-state index is 13.2. The average molecular weight is 261 g/mol. The van der Waals surface area contributed by atoms with E-state index in [0.717, 1.165) is 19.3 Å². The molecule has 2 saturated carbocycles. The molecule has 0 spiro atoms. The van der Waals surface area contributed by atoms with Gasteiger partial charge in [-0.15, -0.1) is 0 Å². The Balaban J connectivity index is 1.94. The summed E-state index contributed by atoms with van der Waals surface area (Å²) in [5.41, 5.74) is 0. The van der Waals surface area contributed by atoms with Crippen molar-refractivity contribution < 1.29 is 18.7 Å². The van der Waals surface area contributed by atoms with E-state index in [9.17, 15) is 13.6 Å². The van der Waals surface area contributed by atoms with Gasteiger partial charge < -0.3 is 10.0 Å². The summed E-state index contributed by atoms with van der Waals surface area (Å²) < 4.78 is 26.3. The van der Waals surface area contributed by atoms with Crippen LogP contribution in [0, 0.1) is 5.92 Å². The lowest BCUT2D eigenvalue weighted by Crippen LogP contribution is -2.47. The first-order valence-electron chi connectivity index (χ1n) is 6.83. The molecule has 0 aliphatic heterocycles. The van der Waals surface area contributed by atoms with Gasteiger partial charge >= 0.3 is 0 Å². The van der Waals surface area contributed by atoms with Crippen molar-refractivity contribution in [3.8, 4) is 0 Å². The lowest BCUT2D eigenvalue weighted by molar-refractivity contribution is -0.140. The first-order valence-corrected chi connectivity index (χ1v) is 6.83. The first kappa shape index (κ1) is 13.7. The van der Waals surface area contributed by atoms with Crippen LogP contribution in [0.4, 0.5) is 8.78 Å². The molecule has 0 saturated heterocycles. The number of carbonyl (C=O) groups excluding carboxylic acids is 1. The molecule has 1 amide bonds. The molecule has 2 rings (SSSR count). The van der Waals surface area contributed by atoms with Gasteiger partial charge in [-0.05, 0) is 32.1 Å². The molecule has 0 heterocycles. The predicted octanol–water partition coefficient (Wildman–Crippen LogP) is 2.19. The summed E-state index contributed by atoms with van der Waals surface area (Å²) >= 11 is 0. The van der Waals surface area contributed by atoms with Crippen LogP contribution in [-0.2, 0) is 4.79 Å². The Bertz CT molecular complexity index is 305. The highest BCUT2D eigenvalue weighted by molar-refractivity contribution is 5.79. The molecule has 2 aliphatic rings. The lowest BCUT2D eigenvalue weighted by atomic mass is 9.90. The minimum Gasteiger partial charge on any atom is -0.396 e. The minimum atomic E-state index is -2.66. The van der Waals surface area contributed by atoms with Crippen molar-refractivity contribution in [2.24, 2.45) is 5.92 Å². The summed E-state index contributed by atoms with van der Waals surface area (Å²) in [5, 5.41) is 8.86. The van der Waals surface area contributed by atoms with Gasteiger partial charge in [0, 0.05) is 38.0 Å². The number of hydrogen-bond donors (Lipinski definition) is 1. The highest BCUT2D eigenvalue weighted by Crippen LogP contribution is 2.40. The Kier molecular flexibility index (Phi) is 4.20.